The zero-order valence-corrected chi connectivity index (χ0v) is 9.48. The van der Waals surface area contributed by atoms with Gasteiger partial charge in [-0.3, -0.25) is 9.59 Å². The first-order valence-corrected chi connectivity index (χ1v) is 5.40. The van der Waals surface area contributed by atoms with Gasteiger partial charge >= 0.3 is 0 Å². The smallest absolute Gasteiger partial charge is 0.203 e. The van der Waals surface area contributed by atoms with E-state index in [9.17, 15) is 9.59 Å². The number of aromatic nitrogens is 1. The van der Waals surface area contributed by atoms with Crippen molar-refractivity contribution in [3.8, 4) is 0 Å². The third-order valence-corrected chi connectivity index (χ3v) is 2.73. The molecule has 86 valence electrons. The van der Waals surface area contributed by atoms with E-state index in [-0.39, 0.29) is 11.6 Å². The molecule has 0 unspecified atom stereocenters. The van der Waals surface area contributed by atoms with Gasteiger partial charge in [-0.1, -0.05) is 12.2 Å². The molecule has 0 amide bonds. The number of carbonyl (C=O) groups excluding carboxylic acids is 2. The van der Waals surface area contributed by atoms with Gasteiger partial charge in [-0.15, -0.1) is 13.2 Å². The van der Waals surface area contributed by atoms with Gasteiger partial charge in [-0.2, -0.15) is 0 Å². The number of nitrogens with zero attached hydrogens (tertiary/aromatic N) is 1. The van der Waals surface area contributed by atoms with E-state index in [2.05, 4.69) is 13.2 Å². The normalized spacial score (nSPS) is 13.6. The summed E-state index contributed by atoms with van der Waals surface area (Å²) in [4.78, 5) is 23.5. The lowest BCUT2D eigenvalue weighted by Crippen LogP contribution is -2.15. The second kappa shape index (κ2) is 4.37. The number of hydrogen-bond donors (Lipinski definition) is 0. The molecule has 3 heteroatoms. The number of carbonyl (C=O) groups is 2. The number of fused-ring (bicyclic) bond motifs is 1. The van der Waals surface area contributed by atoms with Crippen LogP contribution in [-0.4, -0.2) is 16.1 Å². The van der Waals surface area contributed by atoms with Gasteiger partial charge in [0.15, 0.2) is 5.78 Å². The monoisotopic (exact) mass is 227 g/mol. The Labute approximate surface area is 99.7 Å². The van der Waals surface area contributed by atoms with E-state index >= 15 is 0 Å². The molecule has 0 aromatic carbocycles. The SMILES string of the molecule is C=CCc1cc2c(n1CC=C)C(=O)C=CC2=O. The van der Waals surface area contributed by atoms with Crippen LogP contribution in [0.25, 0.3) is 0 Å². The molecular formula is C14H13NO2. The van der Waals surface area contributed by atoms with E-state index in [0.717, 1.165) is 5.69 Å². The summed E-state index contributed by atoms with van der Waals surface area (Å²) in [6, 6.07) is 1.77. The Bertz CT molecular complexity index is 547. The maximum Gasteiger partial charge on any atom is 0.203 e. The van der Waals surface area contributed by atoms with Crippen LogP contribution in [0.15, 0.2) is 43.5 Å². The standard InChI is InChI=1S/C14H13NO2/c1-3-5-10-9-11-12(16)6-7-13(17)14(11)15(10)8-4-2/h3-4,6-7,9H,1-2,5,8H2. The van der Waals surface area contributed by atoms with Crippen LogP contribution in [0.5, 0.6) is 0 Å². The van der Waals surface area contributed by atoms with Crippen molar-refractivity contribution in [1.82, 2.24) is 4.57 Å². The van der Waals surface area contributed by atoms with E-state index in [4.69, 9.17) is 0 Å². The average molecular weight is 227 g/mol. The maximum atomic E-state index is 11.8. The topological polar surface area (TPSA) is 39.1 Å². The first-order chi connectivity index (χ1) is 8.19. The minimum absolute atomic E-state index is 0.118. The number of rotatable bonds is 4. The van der Waals surface area contributed by atoms with Gasteiger partial charge in [-0.25, -0.2) is 0 Å². The molecule has 0 fully saturated rings. The van der Waals surface area contributed by atoms with Crippen LogP contribution in [0.4, 0.5) is 0 Å². The number of ketones is 2. The van der Waals surface area contributed by atoms with Crippen LogP contribution in [0.3, 0.4) is 0 Å². The fourth-order valence-electron chi connectivity index (χ4n) is 2.03. The molecule has 1 aromatic rings. The zero-order valence-electron chi connectivity index (χ0n) is 9.48. The van der Waals surface area contributed by atoms with E-state index < -0.39 is 0 Å². The molecule has 0 saturated carbocycles. The average Bonchev–Trinajstić information content (AvgIpc) is 2.66. The molecular weight excluding hydrogens is 214 g/mol. The Balaban J connectivity index is 2.63. The zero-order chi connectivity index (χ0) is 12.4. The summed E-state index contributed by atoms with van der Waals surface area (Å²) in [5.41, 5.74) is 1.86. The van der Waals surface area contributed by atoms with E-state index in [1.807, 2.05) is 4.57 Å². The van der Waals surface area contributed by atoms with Gasteiger partial charge in [0.1, 0.15) is 5.69 Å². The van der Waals surface area contributed by atoms with Gasteiger partial charge in [0.25, 0.3) is 0 Å². The second-order valence-corrected chi connectivity index (χ2v) is 3.85. The molecule has 2 rings (SSSR count). The predicted octanol–water partition coefficient (Wildman–Crippen LogP) is 2.34. The third kappa shape index (κ3) is 1.80. The van der Waals surface area contributed by atoms with Crippen molar-refractivity contribution in [3.63, 3.8) is 0 Å². The van der Waals surface area contributed by atoms with Crippen LogP contribution < -0.4 is 0 Å². The molecule has 0 spiro atoms. The lowest BCUT2D eigenvalue weighted by molar-refractivity contribution is 0.0989. The summed E-state index contributed by atoms with van der Waals surface area (Å²) in [5, 5.41) is 0. The molecule has 0 aliphatic heterocycles. The van der Waals surface area contributed by atoms with Crippen molar-refractivity contribution in [1.29, 1.82) is 0 Å². The minimum atomic E-state index is -0.128. The molecule has 1 aromatic heterocycles. The second-order valence-electron chi connectivity index (χ2n) is 3.85. The molecule has 1 heterocycles. The molecule has 0 atom stereocenters. The van der Waals surface area contributed by atoms with Crippen molar-refractivity contribution < 1.29 is 9.59 Å². The van der Waals surface area contributed by atoms with Crippen molar-refractivity contribution in [2.75, 3.05) is 0 Å². The molecule has 0 radical (unpaired) electrons. The number of hydrogen-bond acceptors (Lipinski definition) is 2. The highest BCUT2D eigenvalue weighted by atomic mass is 16.1. The molecule has 17 heavy (non-hydrogen) atoms. The van der Waals surface area contributed by atoms with Crippen LogP contribution in [0.2, 0.25) is 0 Å². The first-order valence-electron chi connectivity index (χ1n) is 5.40. The van der Waals surface area contributed by atoms with Gasteiger partial charge < -0.3 is 4.57 Å². The highest BCUT2D eigenvalue weighted by Crippen LogP contribution is 2.22. The lowest BCUT2D eigenvalue weighted by Gasteiger charge is -2.10. The van der Waals surface area contributed by atoms with Crippen LogP contribution in [0.1, 0.15) is 26.5 Å². The van der Waals surface area contributed by atoms with E-state index in [1.165, 1.54) is 12.2 Å². The minimum Gasteiger partial charge on any atom is -0.337 e. The molecule has 0 saturated heterocycles. The van der Waals surface area contributed by atoms with Crippen molar-refractivity contribution in [2.45, 2.75) is 13.0 Å². The van der Waals surface area contributed by atoms with Gasteiger partial charge in [0.2, 0.25) is 5.78 Å². The largest absolute Gasteiger partial charge is 0.337 e. The Morgan fingerprint density at radius 2 is 1.82 bits per heavy atom. The third-order valence-electron chi connectivity index (χ3n) is 2.73. The summed E-state index contributed by atoms with van der Waals surface area (Å²) >= 11 is 0. The van der Waals surface area contributed by atoms with Crippen molar-refractivity contribution in [2.24, 2.45) is 0 Å². The van der Waals surface area contributed by atoms with Crippen LogP contribution in [0, 0.1) is 0 Å². The Hall–Kier alpha value is -2.16. The number of allylic oxidation sites excluding steroid dienone is 4. The van der Waals surface area contributed by atoms with Gasteiger partial charge in [0.05, 0.1) is 5.56 Å². The highest BCUT2D eigenvalue weighted by Gasteiger charge is 2.25. The first kappa shape index (κ1) is 11.3. The fraction of sp³-hybridized carbons (Fsp3) is 0.143. The summed E-state index contributed by atoms with van der Waals surface area (Å²) in [6.45, 7) is 7.86. The molecule has 0 bridgehead atoms. The summed E-state index contributed by atoms with van der Waals surface area (Å²) in [7, 11) is 0. The molecule has 3 nitrogen and oxygen atoms in total. The van der Waals surface area contributed by atoms with E-state index in [0.29, 0.717) is 24.2 Å². The predicted molar refractivity (Wildman–Crippen MR) is 66.3 cm³/mol. The Morgan fingerprint density at radius 3 is 2.47 bits per heavy atom. The van der Waals surface area contributed by atoms with Gasteiger partial charge in [0, 0.05) is 18.7 Å². The Morgan fingerprint density at radius 1 is 1.12 bits per heavy atom. The van der Waals surface area contributed by atoms with Crippen LogP contribution >= 0.6 is 0 Å². The molecule has 0 N–H and O–H groups in total. The van der Waals surface area contributed by atoms with E-state index in [1.54, 1.807) is 18.2 Å². The maximum absolute atomic E-state index is 11.8. The summed E-state index contributed by atoms with van der Waals surface area (Å²) < 4.78 is 1.83. The van der Waals surface area contributed by atoms with Crippen LogP contribution in [-0.2, 0) is 13.0 Å². The van der Waals surface area contributed by atoms with Gasteiger partial charge in [-0.05, 0) is 18.2 Å². The summed E-state index contributed by atoms with van der Waals surface area (Å²) in [5.74, 6) is -0.246. The lowest BCUT2D eigenvalue weighted by atomic mass is 10.0. The Kier molecular flexibility index (Phi) is 2.91. The molecule has 1 aliphatic rings. The van der Waals surface area contributed by atoms with Crippen molar-refractivity contribution in [3.05, 3.63) is 60.5 Å². The van der Waals surface area contributed by atoms with Crippen molar-refractivity contribution >= 4 is 11.6 Å². The quantitative estimate of drug-likeness (QED) is 0.740. The highest BCUT2D eigenvalue weighted by molar-refractivity contribution is 6.21. The molecule has 1 aliphatic carbocycles. The fourth-order valence-corrected chi connectivity index (χ4v) is 2.03. The summed E-state index contributed by atoms with van der Waals surface area (Å²) in [6.07, 6.45) is 6.73.